The van der Waals surface area contributed by atoms with E-state index in [4.69, 9.17) is 14.2 Å². The molecule has 0 radical (unpaired) electrons. The Morgan fingerprint density at radius 2 is 0.681 bits per heavy atom. The van der Waals surface area contributed by atoms with Crippen LogP contribution < -0.4 is 0 Å². The van der Waals surface area contributed by atoms with Crippen molar-refractivity contribution in [1.82, 2.24) is 0 Å². The monoisotopic (exact) mass is 951 g/mol. The minimum Gasteiger partial charge on any atom is -0.462 e. The maximum absolute atomic E-state index is 12.8. The summed E-state index contributed by atoms with van der Waals surface area (Å²) in [6.07, 6.45) is 80.0. The molecule has 0 saturated carbocycles. The van der Waals surface area contributed by atoms with Gasteiger partial charge in [-0.2, -0.15) is 0 Å². The van der Waals surface area contributed by atoms with E-state index in [-0.39, 0.29) is 50.4 Å². The highest BCUT2D eigenvalue weighted by molar-refractivity contribution is 5.71. The van der Waals surface area contributed by atoms with Crippen LogP contribution in [0.1, 0.15) is 213 Å². The average Bonchev–Trinajstić information content (AvgIpc) is 3.35. The van der Waals surface area contributed by atoms with Crippen molar-refractivity contribution in [2.45, 2.75) is 219 Å². The number of carbonyl (C=O) groups is 3. The summed E-state index contributed by atoms with van der Waals surface area (Å²) >= 11 is 0. The van der Waals surface area contributed by atoms with E-state index in [0.717, 1.165) is 70.6 Å². The van der Waals surface area contributed by atoms with Gasteiger partial charge in [0.1, 0.15) is 13.2 Å². The maximum atomic E-state index is 12.8. The zero-order chi connectivity index (χ0) is 50.0. The molecule has 0 aromatic rings. The van der Waals surface area contributed by atoms with Crippen molar-refractivity contribution in [2.75, 3.05) is 13.2 Å². The summed E-state index contributed by atoms with van der Waals surface area (Å²) in [6.45, 7) is 6.23. The molecule has 0 aromatic heterocycles. The van der Waals surface area contributed by atoms with Crippen LogP contribution in [0, 0.1) is 0 Å². The molecular formula is C63H98O6. The van der Waals surface area contributed by atoms with E-state index in [9.17, 15) is 14.4 Å². The second kappa shape index (κ2) is 55.9. The van der Waals surface area contributed by atoms with Gasteiger partial charge in [0, 0.05) is 19.3 Å². The zero-order valence-corrected chi connectivity index (χ0v) is 44.0. The lowest BCUT2D eigenvalue weighted by atomic mass is 10.1. The highest BCUT2D eigenvalue weighted by Gasteiger charge is 2.19. The van der Waals surface area contributed by atoms with Gasteiger partial charge in [0.2, 0.25) is 0 Å². The highest BCUT2D eigenvalue weighted by atomic mass is 16.6. The number of carbonyl (C=O) groups excluding carboxylic acids is 3. The van der Waals surface area contributed by atoms with Crippen LogP contribution in [0.3, 0.4) is 0 Å². The van der Waals surface area contributed by atoms with Crippen LogP contribution in [0.25, 0.3) is 0 Å². The Morgan fingerprint density at radius 3 is 1.17 bits per heavy atom. The summed E-state index contributed by atoms with van der Waals surface area (Å²) in [6, 6.07) is 0. The highest BCUT2D eigenvalue weighted by Crippen LogP contribution is 2.13. The van der Waals surface area contributed by atoms with Crippen molar-refractivity contribution in [3.05, 3.63) is 146 Å². The van der Waals surface area contributed by atoms with Crippen LogP contribution in [0.4, 0.5) is 0 Å². The quantitative estimate of drug-likeness (QED) is 0.0199. The Balaban J connectivity index is 4.59. The topological polar surface area (TPSA) is 78.9 Å². The molecular weight excluding hydrogens is 853 g/mol. The number of rotatable bonds is 47. The third kappa shape index (κ3) is 54.1. The third-order valence-corrected chi connectivity index (χ3v) is 11.0. The maximum Gasteiger partial charge on any atom is 0.306 e. The lowest BCUT2D eigenvalue weighted by Gasteiger charge is -2.18. The van der Waals surface area contributed by atoms with Crippen molar-refractivity contribution in [3.8, 4) is 0 Å². The SMILES string of the molecule is CC/C=C/C=C/C=C/C=C/C=C/CCCC(=O)OCC(COC(=O)CC/C=C/C/C=C/C/C=C/C/C=C/C/C=C/C/C=C/CC)OC(=O)CCCCCCCCC/C=C/CCCCCCCCCC. The van der Waals surface area contributed by atoms with Crippen LogP contribution in [0.5, 0.6) is 0 Å². The van der Waals surface area contributed by atoms with E-state index < -0.39 is 6.10 Å². The molecule has 0 aromatic carbocycles. The van der Waals surface area contributed by atoms with Crippen molar-refractivity contribution in [1.29, 1.82) is 0 Å². The minimum absolute atomic E-state index is 0.146. The number of hydrogen-bond acceptors (Lipinski definition) is 6. The van der Waals surface area contributed by atoms with Crippen LogP contribution >= 0.6 is 0 Å². The Hall–Kier alpha value is -4.71. The van der Waals surface area contributed by atoms with E-state index >= 15 is 0 Å². The summed E-state index contributed by atoms with van der Waals surface area (Å²) in [5.41, 5.74) is 0. The van der Waals surface area contributed by atoms with Gasteiger partial charge >= 0.3 is 17.9 Å². The van der Waals surface area contributed by atoms with Gasteiger partial charge in [-0.15, -0.1) is 0 Å². The Labute approximate surface area is 423 Å². The van der Waals surface area contributed by atoms with E-state index in [1.807, 2.05) is 66.8 Å². The van der Waals surface area contributed by atoms with Crippen molar-refractivity contribution in [2.24, 2.45) is 0 Å². The van der Waals surface area contributed by atoms with Crippen LogP contribution in [0.2, 0.25) is 0 Å². The fraction of sp³-hybridized carbons (Fsp3) is 0.571. The van der Waals surface area contributed by atoms with Gasteiger partial charge in [-0.05, 0) is 96.3 Å². The zero-order valence-electron chi connectivity index (χ0n) is 44.0. The first-order valence-corrected chi connectivity index (χ1v) is 27.4. The van der Waals surface area contributed by atoms with Crippen molar-refractivity contribution in [3.63, 3.8) is 0 Å². The van der Waals surface area contributed by atoms with Crippen LogP contribution in [-0.2, 0) is 28.6 Å². The van der Waals surface area contributed by atoms with Crippen LogP contribution in [0.15, 0.2) is 146 Å². The molecule has 0 saturated heterocycles. The fourth-order valence-electron chi connectivity index (χ4n) is 6.90. The molecule has 0 fully saturated rings. The largest absolute Gasteiger partial charge is 0.462 e. The predicted octanol–water partition coefficient (Wildman–Crippen LogP) is 18.4. The van der Waals surface area contributed by atoms with Gasteiger partial charge in [-0.3, -0.25) is 14.4 Å². The second-order valence-electron chi connectivity index (χ2n) is 17.5. The number of hydrogen-bond donors (Lipinski definition) is 0. The molecule has 6 heteroatoms. The molecule has 0 spiro atoms. The first kappa shape index (κ1) is 64.3. The molecule has 0 aliphatic rings. The molecule has 0 bridgehead atoms. The number of unbranched alkanes of at least 4 members (excludes halogenated alkanes) is 16. The van der Waals surface area contributed by atoms with Gasteiger partial charge in [0.05, 0.1) is 0 Å². The van der Waals surface area contributed by atoms with E-state index in [0.29, 0.717) is 12.8 Å². The lowest BCUT2D eigenvalue weighted by Crippen LogP contribution is -2.30. The Morgan fingerprint density at radius 1 is 0.319 bits per heavy atom. The Kier molecular flexibility index (Phi) is 52.1. The molecule has 1 atom stereocenters. The summed E-state index contributed by atoms with van der Waals surface area (Å²) in [5.74, 6) is -1.11. The van der Waals surface area contributed by atoms with Gasteiger partial charge < -0.3 is 14.2 Å². The van der Waals surface area contributed by atoms with E-state index in [1.165, 1.54) is 89.9 Å². The number of ether oxygens (including phenoxy) is 3. The van der Waals surface area contributed by atoms with Gasteiger partial charge in [0.15, 0.2) is 6.10 Å². The molecule has 1 unspecified atom stereocenters. The van der Waals surface area contributed by atoms with E-state index in [1.54, 1.807) is 0 Å². The van der Waals surface area contributed by atoms with Crippen molar-refractivity contribution >= 4 is 17.9 Å². The minimum atomic E-state index is -0.846. The standard InChI is InChI=1S/C63H98O6/c1-4-7-10-13-16-19-22-25-27-29-31-33-35-38-41-44-47-50-53-56-62(65)68-59-60(58-67-61(64)55-52-49-46-43-40-37-24-21-18-15-12-9-6-3)69-63(66)57-54-51-48-45-42-39-36-34-32-30-28-26-23-20-17-14-11-8-5-2/h7,9-10,12,15-16,18-19,21,24-25,27,30-33,37-38,40-41,43,46-47,50,60H,4-6,8,11,13-14,17,20,22-23,26,28-29,34-36,39,42,44-45,48-49,51-59H2,1-3H3/b10-7+,12-9+,18-15+,19-16+,24-21+,27-25+,32-30+,33-31+,40-37+,41-38+,46-43+,50-47+. The molecule has 386 valence electrons. The lowest BCUT2D eigenvalue weighted by molar-refractivity contribution is -0.166. The molecule has 0 amide bonds. The number of esters is 3. The van der Waals surface area contributed by atoms with Gasteiger partial charge in [-0.25, -0.2) is 0 Å². The predicted molar refractivity (Wildman–Crippen MR) is 297 cm³/mol. The van der Waals surface area contributed by atoms with E-state index in [2.05, 4.69) is 99.8 Å². The second-order valence-corrected chi connectivity index (χ2v) is 17.5. The van der Waals surface area contributed by atoms with Crippen LogP contribution in [-0.4, -0.2) is 37.2 Å². The molecule has 0 aliphatic carbocycles. The molecule has 0 rings (SSSR count). The first-order chi connectivity index (χ1) is 34.0. The summed E-state index contributed by atoms with van der Waals surface area (Å²) < 4.78 is 16.7. The molecule has 69 heavy (non-hydrogen) atoms. The number of allylic oxidation sites excluding steroid dienone is 24. The normalized spacial score (nSPS) is 13.3. The smallest absolute Gasteiger partial charge is 0.306 e. The Bertz CT molecular complexity index is 1560. The summed E-state index contributed by atoms with van der Waals surface area (Å²) in [7, 11) is 0. The average molecular weight is 951 g/mol. The molecule has 0 N–H and O–H groups in total. The van der Waals surface area contributed by atoms with Gasteiger partial charge in [-0.1, -0.05) is 244 Å². The molecule has 6 nitrogen and oxygen atoms in total. The molecule has 0 heterocycles. The fourth-order valence-corrected chi connectivity index (χ4v) is 6.90. The summed E-state index contributed by atoms with van der Waals surface area (Å²) in [5, 5.41) is 0. The van der Waals surface area contributed by atoms with Crippen molar-refractivity contribution < 1.29 is 28.6 Å². The molecule has 0 aliphatic heterocycles. The van der Waals surface area contributed by atoms with Gasteiger partial charge in [0.25, 0.3) is 0 Å². The summed E-state index contributed by atoms with van der Waals surface area (Å²) in [4.78, 5) is 38.0. The third-order valence-electron chi connectivity index (χ3n) is 11.0. The first-order valence-electron chi connectivity index (χ1n) is 27.4.